The molecule has 0 radical (unpaired) electrons. The topological polar surface area (TPSA) is 37.7 Å². The normalized spacial score (nSPS) is 16.2. The van der Waals surface area contributed by atoms with Crippen LogP contribution in [0.2, 0.25) is 0 Å². The Bertz CT molecular complexity index is 722. The van der Waals surface area contributed by atoms with Crippen LogP contribution in [0.4, 0.5) is 5.69 Å². The number of pyridine rings is 1. The quantitative estimate of drug-likeness (QED) is 0.591. The highest BCUT2D eigenvalue weighted by atomic mass is 16.5. The molecule has 122 valence electrons. The molecule has 1 fully saturated rings. The standard InChI is InChI=1S/C19H25N3O/c1-5-22(3)12-20-17-11-15-7-6-8-16(18(15)21-13(17)2)19(23-4)14-9-10-14/h6-8,11-12,14,19H,5,9-10H2,1-4H3. The molecule has 23 heavy (non-hydrogen) atoms. The molecule has 0 spiro atoms. The first-order chi connectivity index (χ1) is 11.1. The summed E-state index contributed by atoms with van der Waals surface area (Å²) in [4.78, 5) is 11.5. The highest BCUT2D eigenvalue weighted by Crippen LogP contribution is 2.44. The average molecular weight is 311 g/mol. The van der Waals surface area contributed by atoms with Crippen LogP contribution in [0.25, 0.3) is 10.9 Å². The zero-order valence-corrected chi connectivity index (χ0v) is 14.4. The van der Waals surface area contributed by atoms with Crippen LogP contribution in [0.3, 0.4) is 0 Å². The number of fused-ring (bicyclic) bond motifs is 1. The number of nitrogens with zero attached hydrogens (tertiary/aromatic N) is 3. The summed E-state index contributed by atoms with van der Waals surface area (Å²) in [7, 11) is 3.82. The van der Waals surface area contributed by atoms with Crippen molar-refractivity contribution in [3.05, 3.63) is 35.5 Å². The molecule has 1 atom stereocenters. The third-order valence-electron chi connectivity index (χ3n) is 4.54. The zero-order valence-electron chi connectivity index (χ0n) is 14.4. The van der Waals surface area contributed by atoms with E-state index in [0.717, 1.165) is 28.8 Å². The third-order valence-corrected chi connectivity index (χ3v) is 4.54. The Labute approximate surface area is 138 Å². The van der Waals surface area contributed by atoms with E-state index in [1.165, 1.54) is 18.4 Å². The second-order valence-electron chi connectivity index (χ2n) is 6.32. The fraction of sp³-hybridized carbons (Fsp3) is 0.474. The van der Waals surface area contributed by atoms with Crippen molar-refractivity contribution < 1.29 is 4.74 Å². The molecule has 0 aliphatic heterocycles. The first-order valence-corrected chi connectivity index (χ1v) is 8.31. The van der Waals surface area contributed by atoms with E-state index in [9.17, 15) is 0 Å². The zero-order chi connectivity index (χ0) is 16.4. The Hall–Kier alpha value is -1.94. The number of para-hydroxylation sites is 1. The predicted molar refractivity (Wildman–Crippen MR) is 95.4 cm³/mol. The molecule has 1 aromatic heterocycles. The van der Waals surface area contributed by atoms with Gasteiger partial charge in [-0.05, 0) is 38.7 Å². The van der Waals surface area contributed by atoms with E-state index >= 15 is 0 Å². The van der Waals surface area contributed by atoms with E-state index in [1.54, 1.807) is 7.11 Å². The molecule has 1 saturated carbocycles. The van der Waals surface area contributed by atoms with Crippen LogP contribution in [0.5, 0.6) is 0 Å². The van der Waals surface area contributed by atoms with Crippen LogP contribution < -0.4 is 0 Å². The summed E-state index contributed by atoms with van der Waals surface area (Å²) in [5, 5.41) is 1.13. The Morgan fingerprint density at radius 1 is 1.43 bits per heavy atom. The van der Waals surface area contributed by atoms with Crippen molar-refractivity contribution in [1.82, 2.24) is 9.88 Å². The van der Waals surface area contributed by atoms with Gasteiger partial charge in [-0.3, -0.25) is 4.98 Å². The van der Waals surface area contributed by atoms with Gasteiger partial charge in [0, 0.05) is 31.7 Å². The molecule has 3 rings (SSSR count). The van der Waals surface area contributed by atoms with Crippen molar-refractivity contribution in [1.29, 1.82) is 0 Å². The summed E-state index contributed by atoms with van der Waals surface area (Å²) >= 11 is 0. The van der Waals surface area contributed by atoms with E-state index in [2.05, 4.69) is 36.2 Å². The van der Waals surface area contributed by atoms with Crippen molar-refractivity contribution in [2.24, 2.45) is 10.9 Å². The summed E-state index contributed by atoms with van der Waals surface area (Å²) in [5.74, 6) is 0.642. The Morgan fingerprint density at radius 3 is 2.87 bits per heavy atom. The van der Waals surface area contributed by atoms with Gasteiger partial charge in [0.25, 0.3) is 0 Å². The van der Waals surface area contributed by atoms with Gasteiger partial charge < -0.3 is 9.64 Å². The number of aliphatic imine (C=N–C) groups is 1. The molecule has 0 bridgehead atoms. The average Bonchev–Trinajstić information content (AvgIpc) is 3.38. The van der Waals surface area contributed by atoms with E-state index in [4.69, 9.17) is 9.72 Å². The SMILES string of the molecule is CCN(C)C=Nc1cc2cccc(C(OC)C3CC3)c2nc1C. The van der Waals surface area contributed by atoms with Gasteiger partial charge in [0.2, 0.25) is 0 Å². The minimum absolute atomic E-state index is 0.158. The summed E-state index contributed by atoms with van der Waals surface area (Å²) in [6, 6.07) is 8.47. The summed E-state index contributed by atoms with van der Waals surface area (Å²) in [5.41, 5.74) is 4.13. The van der Waals surface area contributed by atoms with Gasteiger partial charge in [0.15, 0.2) is 0 Å². The predicted octanol–water partition coefficient (Wildman–Crippen LogP) is 4.25. The van der Waals surface area contributed by atoms with E-state index < -0.39 is 0 Å². The number of ether oxygens (including phenoxy) is 1. The molecule has 4 nitrogen and oxygen atoms in total. The second kappa shape index (κ2) is 6.67. The first-order valence-electron chi connectivity index (χ1n) is 8.31. The van der Waals surface area contributed by atoms with Crippen LogP contribution in [0.1, 0.15) is 37.1 Å². The van der Waals surface area contributed by atoms with Crippen molar-refractivity contribution in [3.8, 4) is 0 Å². The minimum Gasteiger partial charge on any atom is -0.376 e. The lowest BCUT2D eigenvalue weighted by atomic mass is 10.0. The second-order valence-corrected chi connectivity index (χ2v) is 6.32. The van der Waals surface area contributed by atoms with E-state index in [-0.39, 0.29) is 6.10 Å². The van der Waals surface area contributed by atoms with Gasteiger partial charge in [-0.15, -0.1) is 0 Å². The van der Waals surface area contributed by atoms with Crippen LogP contribution in [-0.4, -0.2) is 36.9 Å². The molecule has 1 aliphatic rings. The fourth-order valence-electron chi connectivity index (χ4n) is 2.88. The van der Waals surface area contributed by atoms with Crippen molar-refractivity contribution >= 4 is 22.9 Å². The highest BCUT2D eigenvalue weighted by molar-refractivity contribution is 5.86. The van der Waals surface area contributed by atoms with E-state index in [1.807, 2.05) is 25.2 Å². The molecular formula is C19H25N3O. The maximum Gasteiger partial charge on any atom is 0.0910 e. The van der Waals surface area contributed by atoms with E-state index in [0.29, 0.717) is 5.92 Å². The summed E-state index contributed by atoms with van der Waals surface area (Å²) in [6.45, 7) is 5.06. The van der Waals surface area contributed by atoms with Crippen LogP contribution in [0.15, 0.2) is 29.3 Å². The van der Waals surface area contributed by atoms with Gasteiger partial charge >= 0.3 is 0 Å². The molecule has 0 saturated heterocycles. The number of rotatable bonds is 6. The Kier molecular flexibility index (Phi) is 4.62. The van der Waals surface area contributed by atoms with Gasteiger partial charge in [0.05, 0.1) is 29.3 Å². The number of hydrogen-bond donors (Lipinski definition) is 0. The lowest BCUT2D eigenvalue weighted by Crippen LogP contribution is -2.14. The number of methoxy groups -OCH3 is 1. The van der Waals surface area contributed by atoms with Crippen molar-refractivity contribution in [2.75, 3.05) is 20.7 Å². The van der Waals surface area contributed by atoms with Crippen molar-refractivity contribution in [2.45, 2.75) is 32.8 Å². The maximum atomic E-state index is 5.76. The number of benzene rings is 1. The van der Waals surface area contributed by atoms with Crippen LogP contribution in [-0.2, 0) is 4.74 Å². The monoisotopic (exact) mass is 311 g/mol. The minimum atomic E-state index is 0.158. The lowest BCUT2D eigenvalue weighted by Gasteiger charge is -2.17. The maximum absolute atomic E-state index is 5.76. The highest BCUT2D eigenvalue weighted by Gasteiger charge is 2.33. The molecule has 1 heterocycles. The fourth-order valence-corrected chi connectivity index (χ4v) is 2.88. The third kappa shape index (κ3) is 3.37. The largest absolute Gasteiger partial charge is 0.376 e. The molecule has 1 unspecified atom stereocenters. The molecule has 0 N–H and O–H groups in total. The first kappa shape index (κ1) is 15.9. The summed E-state index contributed by atoms with van der Waals surface area (Å²) < 4.78 is 5.76. The van der Waals surface area contributed by atoms with Crippen LogP contribution in [0, 0.1) is 12.8 Å². The smallest absolute Gasteiger partial charge is 0.0910 e. The number of aryl methyl sites for hydroxylation is 1. The molecule has 4 heteroatoms. The van der Waals surface area contributed by atoms with Gasteiger partial charge in [-0.25, -0.2) is 4.99 Å². The Balaban J connectivity index is 2.02. The van der Waals surface area contributed by atoms with Gasteiger partial charge in [-0.2, -0.15) is 0 Å². The summed E-state index contributed by atoms with van der Waals surface area (Å²) in [6.07, 6.45) is 4.52. The number of aromatic nitrogens is 1. The molecule has 0 amide bonds. The molecule has 1 aliphatic carbocycles. The molecule has 1 aromatic carbocycles. The molecule has 2 aromatic rings. The van der Waals surface area contributed by atoms with Crippen LogP contribution >= 0.6 is 0 Å². The number of hydrogen-bond acceptors (Lipinski definition) is 3. The van der Waals surface area contributed by atoms with Crippen molar-refractivity contribution in [3.63, 3.8) is 0 Å². The van der Waals surface area contributed by atoms with Gasteiger partial charge in [0.1, 0.15) is 0 Å². The lowest BCUT2D eigenvalue weighted by molar-refractivity contribution is 0.0856. The van der Waals surface area contributed by atoms with Gasteiger partial charge in [-0.1, -0.05) is 18.2 Å². The Morgan fingerprint density at radius 2 is 2.22 bits per heavy atom. The molecular weight excluding hydrogens is 286 g/mol.